The number of hydrogen-bond donors (Lipinski definition) is 1. The number of carbonyl (C=O) groups excluding carboxylic acids is 1. The van der Waals surface area contributed by atoms with Crippen molar-refractivity contribution in [2.75, 3.05) is 0 Å². The van der Waals surface area contributed by atoms with Gasteiger partial charge in [0.05, 0.1) is 6.42 Å². The maximum Gasteiger partial charge on any atom is 0.304 e. The van der Waals surface area contributed by atoms with Crippen LogP contribution in [0.3, 0.4) is 0 Å². The molecule has 0 aliphatic heterocycles. The summed E-state index contributed by atoms with van der Waals surface area (Å²) >= 11 is 0. The van der Waals surface area contributed by atoms with Crippen molar-refractivity contribution in [2.45, 2.75) is 39.5 Å². The molecule has 0 aromatic rings. The summed E-state index contributed by atoms with van der Waals surface area (Å²) in [5, 5.41) is 8.63. The fourth-order valence-electron chi connectivity index (χ4n) is 2.05. The van der Waals surface area contributed by atoms with Crippen LogP contribution in [0.2, 0.25) is 0 Å². The number of aliphatic carboxylic acids is 1. The summed E-state index contributed by atoms with van der Waals surface area (Å²) in [4.78, 5) is 22.3. The number of carboxylic acid groups (broad SMARTS) is 1. The van der Waals surface area contributed by atoms with Gasteiger partial charge in [0, 0.05) is 11.8 Å². The lowest BCUT2D eigenvalue weighted by Crippen LogP contribution is -2.16. The van der Waals surface area contributed by atoms with E-state index in [2.05, 4.69) is 6.08 Å². The second kappa shape index (κ2) is 5.10. The van der Waals surface area contributed by atoms with Gasteiger partial charge in [0.25, 0.3) is 0 Å². The molecule has 0 bridgehead atoms. The van der Waals surface area contributed by atoms with Gasteiger partial charge in [0.15, 0.2) is 0 Å². The predicted octanol–water partition coefficient (Wildman–Crippen LogP) is 2.41. The minimum absolute atomic E-state index is 0.00412. The topological polar surface area (TPSA) is 54.4 Å². The zero-order valence-electron chi connectivity index (χ0n) is 9.32. The monoisotopic (exact) mass is 210 g/mol. The highest BCUT2D eigenvalue weighted by atomic mass is 16.4. The molecule has 2 unspecified atom stereocenters. The zero-order chi connectivity index (χ0) is 11.4. The summed E-state index contributed by atoms with van der Waals surface area (Å²) in [5.41, 5.74) is 1.21. The molecule has 0 heterocycles. The van der Waals surface area contributed by atoms with Crippen LogP contribution in [-0.2, 0) is 9.59 Å². The first-order valence-electron chi connectivity index (χ1n) is 5.39. The fourth-order valence-corrected chi connectivity index (χ4v) is 2.05. The maximum atomic E-state index is 11.8. The van der Waals surface area contributed by atoms with Gasteiger partial charge in [0.1, 0.15) is 5.78 Å². The van der Waals surface area contributed by atoms with Crippen LogP contribution in [-0.4, -0.2) is 16.9 Å². The van der Waals surface area contributed by atoms with E-state index in [0.717, 1.165) is 19.3 Å². The van der Waals surface area contributed by atoms with Crippen LogP contribution in [0.25, 0.3) is 0 Å². The largest absolute Gasteiger partial charge is 0.481 e. The van der Waals surface area contributed by atoms with E-state index in [1.54, 1.807) is 0 Å². The van der Waals surface area contributed by atoms with Crippen molar-refractivity contribution in [3.63, 3.8) is 0 Å². The van der Waals surface area contributed by atoms with E-state index in [-0.39, 0.29) is 24.0 Å². The summed E-state index contributed by atoms with van der Waals surface area (Å²) < 4.78 is 0. The van der Waals surface area contributed by atoms with Crippen LogP contribution in [0.15, 0.2) is 11.6 Å². The molecule has 0 amide bonds. The van der Waals surface area contributed by atoms with Crippen LogP contribution >= 0.6 is 0 Å². The highest BCUT2D eigenvalue weighted by Crippen LogP contribution is 2.32. The standard InChI is InChI=1S/C12H18O3/c1-8(2)3-4-9-5-6-10(12(9)15)7-11(13)14/h3,9-10H,4-7H2,1-2H3,(H,13,14). The number of Topliss-reactive ketones (excluding diaryl/α,β-unsaturated/α-hetero) is 1. The quantitative estimate of drug-likeness (QED) is 0.725. The van der Waals surface area contributed by atoms with E-state index < -0.39 is 5.97 Å². The first-order chi connectivity index (χ1) is 7.00. The second-order valence-corrected chi connectivity index (χ2v) is 4.49. The molecule has 1 aliphatic carbocycles. The van der Waals surface area contributed by atoms with Crippen molar-refractivity contribution in [2.24, 2.45) is 11.8 Å². The van der Waals surface area contributed by atoms with E-state index in [4.69, 9.17) is 5.11 Å². The van der Waals surface area contributed by atoms with Crippen molar-refractivity contribution in [3.05, 3.63) is 11.6 Å². The average molecular weight is 210 g/mol. The Hall–Kier alpha value is -1.12. The maximum absolute atomic E-state index is 11.8. The predicted molar refractivity (Wildman–Crippen MR) is 57.5 cm³/mol. The number of ketones is 1. The third-order valence-electron chi connectivity index (χ3n) is 2.90. The lowest BCUT2D eigenvalue weighted by molar-refractivity contribution is -0.140. The first-order valence-corrected chi connectivity index (χ1v) is 5.39. The Kier molecular flexibility index (Phi) is 4.06. The summed E-state index contributed by atoms with van der Waals surface area (Å²) in [6, 6.07) is 0. The van der Waals surface area contributed by atoms with Gasteiger partial charge in [-0.25, -0.2) is 0 Å². The van der Waals surface area contributed by atoms with E-state index in [1.807, 2.05) is 13.8 Å². The first kappa shape index (κ1) is 12.0. The Balaban J connectivity index is 2.49. The van der Waals surface area contributed by atoms with Crippen molar-refractivity contribution in [1.82, 2.24) is 0 Å². The Labute approximate surface area is 90.2 Å². The molecule has 84 valence electrons. The van der Waals surface area contributed by atoms with Crippen LogP contribution in [0.5, 0.6) is 0 Å². The third-order valence-corrected chi connectivity index (χ3v) is 2.90. The van der Waals surface area contributed by atoms with Crippen molar-refractivity contribution < 1.29 is 14.7 Å². The molecule has 1 rings (SSSR count). The summed E-state index contributed by atoms with van der Waals surface area (Å²) in [6.07, 6.45) is 4.43. The van der Waals surface area contributed by atoms with Gasteiger partial charge in [-0.1, -0.05) is 11.6 Å². The highest BCUT2D eigenvalue weighted by molar-refractivity contribution is 5.88. The van der Waals surface area contributed by atoms with E-state index in [0.29, 0.717) is 0 Å². The average Bonchev–Trinajstić information content (AvgIpc) is 2.44. The third kappa shape index (κ3) is 3.50. The molecule has 0 spiro atoms. The molecule has 0 aromatic carbocycles. The Morgan fingerprint density at radius 1 is 1.40 bits per heavy atom. The van der Waals surface area contributed by atoms with Crippen LogP contribution in [0.4, 0.5) is 0 Å². The second-order valence-electron chi connectivity index (χ2n) is 4.49. The van der Waals surface area contributed by atoms with Gasteiger partial charge in [-0.15, -0.1) is 0 Å². The molecule has 3 nitrogen and oxygen atoms in total. The van der Waals surface area contributed by atoms with E-state index in [9.17, 15) is 9.59 Å². The Morgan fingerprint density at radius 3 is 2.53 bits per heavy atom. The number of carboxylic acids is 1. The molecule has 1 fully saturated rings. The number of allylic oxidation sites excluding steroid dienone is 2. The molecular formula is C12H18O3. The number of rotatable bonds is 4. The smallest absolute Gasteiger partial charge is 0.304 e. The van der Waals surface area contributed by atoms with Crippen molar-refractivity contribution in [1.29, 1.82) is 0 Å². The molecule has 1 aliphatic rings. The lowest BCUT2D eigenvalue weighted by atomic mass is 9.97. The number of carbonyl (C=O) groups is 2. The van der Waals surface area contributed by atoms with Gasteiger partial charge < -0.3 is 5.11 Å². The SMILES string of the molecule is CC(C)=CCC1CCC(CC(=O)O)C1=O. The lowest BCUT2D eigenvalue weighted by Gasteiger charge is -2.06. The van der Waals surface area contributed by atoms with E-state index in [1.165, 1.54) is 5.57 Å². The van der Waals surface area contributed by atoms with Crippen molar-refractivity contribution >= 4 is 11.8 Å². The van der Waals surface area contributed by atoms with Gasteiger partial charge in [-0.05, 0) is 33.1 Å². The molecule has 15 heavy (non-hydrogen) atoms. The minimum atomic E-state index is -0.865. The minimum Gasteiger partial charge on any atom is -0.481 e. The van der Waals surface area contributed by atoms with Crippen LogP contribution in [0.1, 0.15) is 39.5 Å². The molecule has 0 saturated heterocycles. The highest BCUT2D eigenvalue weighted by Gasteiger charge is 2.34. The normalized spacial score (nSPS) is 25.3. The molecular weight excluding hydrogens is 192 g/mol. The molecule has 0 aromatic heterocycles. The van der Waals surface area contributed by atoms with Crippen LogP contribution in [0, 0.1) is 11.8 Å². The zero-order valence-corrected chi connectivity index (χ0v) is 9.32. The van der Waals surface area contributed by atoms with Gasteiger partial charge in [-0.3, -0.25) is 9.59 Å². The molecule has 2 atom stereocenters. The van der Waals surface area contributed by atoms with Crippen LogP contribution < -0.4 is 0 Å². The molecule has 1 N–H and O–H groups in total. The van der Waals surface area contributed by atoms with Gasteiger partial charge >= 0.3 is 5.97 Å². The Morgan fingerprint density at radius 2 is 2.00 bits per heavy atom. The van der Waals surface area contributed by atoms with Gasteiger partial charge in [0.2, 0.25) is 0 Å². The number of hydrogen-bond acceptors (Lipinski definition) is 2. The van der Waals surface area contributed by atoms with E-state index >= 15 is 0 Å². The molecule has 0 radical (unpaired) electrons. The van der Waals surface area contributed by atoms with Gasteiger partial charge in [-0.2, -0.15) is 0 Å². The summed E-state index contributed by atoms with van der Waals surface area (Å²) in [6.45, 7) is 4.02. The summed E-state index contributed by atoms with van der Waals surface area (Å²) in [7, 11) is 0. The summed E-state index contributed by atoms with van der Waals surface area (Å²) in [5.74, 6) is -0.895. The molecule has 3 heteroatoms. The Bertz CT molecular complexity index is 287. The van der Waals surface area contributed by atoms with Crippen molar-refractivity contribution in [3.8, 4) is 0 Å². The fraction of sp³-hybridized carbons (Fsp3) is 0.667. The molecule has 1 saturated carbocycles.